The predicted molar refractivity (Wildman–Crippen MR) is 101 cm³/mol. The van der Waals surface area contributed by atoms with Crippen molar-refractivity contribution in [2.75, 3.05) is 13.1 Å². The molecule has 1 heterocycles. The van der Waals surface area contributed by atoms with Crippen molar-refractivity contribution in [1.82, 2.24) is 4.90 Å². The average molecular weight is 333 g/mol. The van der Waals surface area contributed by atoms with E-state index in [1.807, 2.05) is 0 Å². The number of fused-ring (bicyclic) bond motifs is 1. The quantitative estimate of drug-likeness (QED) is 0.821. The number of carbonyl (C=O) groups excluding carboxylic acids is 1. The van der Waals surface area contributed by atoms with E-state index in [1.165, 1.54) is 11.1 Å². The summed E-state index contributed by atoms with van der Waals surface area (Å²) in [6.07, 6.45) is 4.88. The van der Waals surface area contributed by atoms with E-state index in [0.717, 1.165) is 51.7 Å². The summed E-state index contributed by atoms with van der Waals surface area (Å²) in [5.41, 5.74) is 3.08. The van der Waals surface area contributed by atoms with Gasteiger partial charge in [0, 0.05) is 25.9 Å². The molecule has 2 aliphatic rings. The Morgan fingerprint density at radius 1 is 0.960 bits per heavy atom. The Labute approximate surface area is 150 Å². The smallest absolute Gasteiger partial charge is 0.133 e. The lowest BCUT2D eigenvalue weighted by atomic mass is 9.60. The van der Waals surface area contributed by atoms with Gasteiger partial charge in [-0.25, -0.2) is 0 Å². The van der Waals surface area contributed by atoms with Crippen molar-refractivity contribution in [2.45, 2.75) is 38.6 Å². The Morgan fingerprint density at radius 3 is 2.36 bits per heavy atom. The molecule has 0 N–H and O–H groups in total. The maximum Gasteiger partial charge on any atom is 0.133 e. The number of piperidine rings is 1. The van der Waals surface area contributed by atoms with Crippen molar-refractivity contribution in [3.63, 3.8) is 0 Å². The second-order valence-electron chi connectivity index (χ2n) is 7.95. The molecule has 4 rings (SSSR count). The minimum Gasteiger partial charge on any atom is -0.300 e. The van der Waals surface area contributed by atoms with E-state index in [1.54, 1.807) is 0 Å². The van der Waals surface area contributed by atoms with Crippen LogP contribution in [-0.2, 0) is 17.8 Å². The highest BCUT2D eigenvalue weighted by atomic mass is 16.1. The molecule has 1 aliphatic carbocycles. The van der Waals surface area contributed by atoms with Crippen molar-refractivity contribution in [1.29, 1.82) is 0 Å². The second-order valence-corrected chi connectivity index (χ2v) is 7.95. The van der Waals surface area contributed by atoms with Crippen LogP contribution in [0.5, 0.6) is 0 Å². The summed E-state index contributed by atoms with van der Waals surface area (Å²) < 4.78 is 0. The molecule has 2 atom stereocenters. The molecule has 2 unspecified atom stereocenters. The maximum absolute atomic E-state index is 12.1. The number of carbonyl (C=O) groups is 1. The van der Waals surface area contributed by atoms with E-state index >= 15 is 0 Å². The molecule has 1 saturated carbocycles. The van der Waals surface area contributed by atoms with Crippen LogP contribution in [0.25, 0.3) is 0 Å². The van der Waals surface area contributed by atoms with Crippen LogP contribution >= 0.6 is 0 Å². The van der Waals surface area contributed by atoms with E-state index < -0.39 is 0 Å². The third-order valence-corrected chi connectivity index (χ3v) is 6.22. The summed E-state index contributed by atoms with van der Waals surface area (Å²) in [7, 11) is 0. The fourth-order valence-corrected chi connectivity index (χ4v) is 4.93. The fraction of sp³-hybridized carbons (Fsp3) is 0.435. The van der Waals surface area contributed by atoms with Crippen LogP contribution < -0.4 is 0 Å². The number of nitrogens with zero attached hydrogens (tertiary/aromatic N) is 1. The molecule has 0 amide bonds. The first-order chi connectivity index (χ1) is 12.2. The van der Waals surface area contributed by atoms with Gasteiger partial charge in [-0.05, 0) is 48.3 Å². The van der Waals surface area contributed by atoms with Gasteiger partial charge in [0.05, 0.1) is 0 Å². The van der Waals surface area contributed by atoms with Crippen molar-refractivity contribution in [3.05, 3.63) is 71.8 Å². The Kier molecular flexibility index (Phi) is 4.72. The second kappa shape index (κ2) is 7.13. The SMILES string of the molecule is O=C1CCC2(Cc3ccccc3)CN(Cc3ccccc3)CCC2C1. The van der Waals surface area contributed by atoms with E-state index in [0.29, 0.717) is 11.7 Å². The summed E-state index contributed by atoms with van der Waals surface area (Å²) in [5.74, 6) is 1.03. The molecule has 2 aromatic rings. The lowest BCUT2D eigenvalue weighted by molar-refractivity contribution is -0.128. The Hall–Kier alpha value is -1.93. The molecule has 2 heteroatoms. The normalized spacial score (nSPS) is 27.0. The number of benzene rings is 2. The van der Waals surface area contributed by atoms with Gasteiger partial charge >= 0.3 is 0 Å². The lowest BCUT2D eigenvalue weighted by Crippen LogP contribution is -2.52. The van der Waals surface area contributed by atoms with Gasteiger partial charge in [0.15, 0.2) is 0 Å². The van der Waals surface area contributed by atoms with E-state index in [2.05, 4.69) is 65.6 Å². The molecule has 0 spiro atoms. The molecule has 2 aromatic carbocycles. The monoisotopic (exact) mass is 333 g/mol. The number of ketones is 1. The van der Waals surface area contributed by atoms with Gasteiger partial charge in [-0.15, -0.1) is 0 Å². The van der Waals surface area contributed by atoms with Crippen LogP contribution in [0, 0.1) is 11.3 Å². The first kappa shape index (κ1) is 16.5. The zero-order chi connectivity index (χ0) is 17.1. The van der Waals surface area contributed by atoms with Crippen LogP contribution in [0.3, 0.4) is 0 Å². The first-order valence-electron chi connectivity index (χ1n) is 9.55. The predicted octanol–water partition coefficient (Wildman–Crippen LogP) is 4.49. The van der Waals surface area contributed by atoms with Gasteiger partial charge in [-0.2, -0.15) is 0 Å². The van der Waals surface area contributed by atoms with Crippen LogP contribution in [0.4, 0.5) is 0 Å². The number of likely N-dealkylation sites (tertiary alicyclic amines) is 1. The molecule has 2 nitrogen and oxygen atoms in total. The van der Waals surface area contributed by atoms with Gasteiger partial charge in [0.1, 0.15) is 5.78 Å². The van der Waals surface area contributed by atoms with Gasteiger partial charge in [-0.1, -0.05) is 60.7 Å². The van der Waals surface area contributed by atoms with Crippen LogP contribution in [-0.4, -0.2) is 23.8 Å². The van der Waals surface area contributed by atoms with Crippen LogP contribution in [0.2, 0.25) is 0 Å². The molecule has 0 radical (unpaired) electrons. The third-order valence-electron chi connectivity index (χ3n) is 6.22. The van der Waals surface area contributed by atoms with Crippen molar-refractivity contribution in [2.24, 2.45) is 11.3 Å². The van der Waals surface area contributed by atoms with Crippen molar-refractivity contribution >= 4 is 5.78 Å². The Morgan fingerprint density at radius 2 is 1.64 bits per heavy atom. The lowest BCUT2D eigenvalue weighted by Gasteiger charge is -2.51. The number of hydrogen-bond acceptors (Lipinski definition) is 2. The topological polar surface area (TPSA) is 20.3 Å². The molecule has 0 aromatic heterocycles. The molecule has 2 fully saturated rings. The van der Waals surface area contributed by atoms with Crippen molar-refractivity contribution < 1.29 is 4.79 Å². The summed E-state index contributed by atoms with van der Waals surface area (Å²) in [6.45, 7) is 3.26. The standard InChI is InChI=1S/C23H27NO/c25-22-11-13-23(16-19-7-3-1-4-8-19)18-24(14-12-21(23)15-22)17-20-9-5-2-6-10-20/h1-10,21H,11-18H2. The Bertz CT molecular complexity index is 711. The van der Waals surface area contributed by atoms with Gasteiger partial charge in [0.2, 0.25) is 0 Å². The largest absolute Gasteiger partial charge is 0.300 e. The highest BCUT2D eigenvalue weighted by Gasteiger charge is 2.46. The zero-order valence-corrected chi connectivity index (χ0v) is 14.9. The van der Waals surface area contributed by atoms with Gasteiger partial charge in [-0.3, -0.25) is 9.69 Å². The number of rotatable bonds is 4. The Balaban J connectivity index is 1.55. The molecular weight excluding hydrogens is 306 g/mol. The zero-order valence-electron chi connectivity index (χ0n) is 14.9. The first-order valence-corrected chi connectivity index (χ1v) is 9.55. The molecular formula is C23H27NO. The number of Topliss-reactive ketones (excluding diaryl/α,β-unsaturated/α-hetero) is 1. The van der Waals surface area contributed by atoms with Crippen LogP contribution in [0.1, 0.15) is 36.8 Å². The van der Waals surface area contributed by atoms with Crippen LogP contribution in [0.15, 0.2) is 60.7 Å². The summed E-state index contributed by atoms with van der Waals surface area (Å²) in [6, 6.07) is 21.6. The van der Waals surface area contributed by atoms with E-state index in [-0.39, 0.29) is 5.41 Å². The highest BCUT2D eigenvalue weighted by molar-refractivity contribution is 5.79. The van der Waals surface area contributed by atoms with Crippen molar-refractivity contribution in [3.8, 4) is 0 Å². The molecule has 25 heavy (non-hydrogen) atoms. The average Bonchev–Trinajstić information content (AvgIpc) is 2.64. The molecule has 130 valence electrons. The van der Waals surface area contributed by atoms with Gasteiger partial charge in [0.25, 0.3) is 0 Å². The van der Waals surface area contributed by atoms with E-state index in [4.69, 9.17) is 0 Å². The molecule has 1 saturated heterocycles. The van der Waals surface area contributed by atoms with Gasteiger partial charge < -0.3 is 0 Å². The minimum atomic E-state index is 0.266. The molecule has 1 aliphatic heterocycles. The minimum absolute atomic E-state index is 0.266. The third kappa shape index (κ3) is 3.69. The van der Waals surface area contributed by atoms with E-state index in [9.17, 15) is 4.79 Å². The summed E-state index contributed by atoms with van der Waals surface area (Å²) >= 11 is 0. The summed E-state index contributed by atoms with van der Waals surface area (Å²) in [5, 5.41) is 0. The number of hydrogen-bond donors (Lipinski definition) is 0. The fourth-order valence-electron chi connectivity index (χ4n) is 4.93. The maximum atomic E-state index is 12.1. The summed E-state index contributed by atoms with van der Waals surface area (Å²) in [4.78, 5) is 14.7. The highest BCUT2D eigenvalue weighted by Crippen LogP contribution is 2.47. The molecule has 0 bridgehead atoms.